The van der Waals surface area contributed by atoms with Crippen LogP contribution in [0.2, 0.25) is 0 Å². The molecule has 7 atom stereocenters. The van der Waals surface area contributed by atoms with Crippen molar-refractivity contribution < 1.29 is 4.79 Å². The summed E-state index contributed by atoms with van der Waals surface area (Å²) in [6.45, 7) is 15.0. The summed E-state index contributed by atoms with van der Waals surface area (Å²) in [4.78, 5) is 14.6. The maximum atomic E-state index is 12.5. The van der Waals surface area contributed by atoms with Gasteiger partial charge in [0.2, 0.25) is 5.91 Å². The molecule has 0 aromatic carbocycles. The Morgan fingerprint density at radius 2 is 1.77 bits per heavy atom. The summed E-state index contributed by atoms with van der Waals surface area (Å²) < 4.78 is 0. The minimum absolute atomic E-state index is 0.141. The van der Waals surface area contributed by atoms with Crippen LogP contribution < -0.4 is 0 Å². The van der Waals surface area contributed by atoms with E-state index in [0.717, 1.165) is 18.3 Å². The lowest BCUT2D eigenvalue weighted by Gasteiger charge is -2.68. The van der Waals surface area contributed by atoms with Gasteiger partial charge in [-0.15, -0.1) is 0 Å². The molecule has 3 saturated carbocycles. The highest BCUT2D eigenvalue weighted by atomic mass is 16.2. The zero-order chi connectivity index (χ0) is 19.1. The molecule has 2 nitrogen and oxygen atoms in total. The van der Waals surface area contributed by atoms with Gasteiger partial charge in [-0.25, -0.2) is 0 Å². The van der Waals surface area contributed by atoms with Gasteiger partial charge in [-0.2, -0.15) is 0 Å². The van der Waals surface area contributed by atoms with Crippen LogP contribution in [0.25, 0.3) is 0 Å². The first-order valence-corrected chi connectivity index (χ1v) is 10.9. The van der Waals surface area contributed by atoms with E-state index < -0.39 is 0 Å². The molecule has 0 unspecified atom stereocenters. The Labute approximate surface area is 160 Å². The summed E-state index contributed by atoms with van der Waals surface area (Å²) in [6, 6.07) is 0.344. The first kappa shape index (κ1) is 18.6. The molecule has 0 spiro atoms. The Hall–Kier alpha value is -0.790. The summed E-state index contributed by atoms with van der Waals surface area (Å²) in [5.41, 5.74) is 1.22. The van der Waals surface area contributed by atoms with Crippen LogP contribution >= 0.6 is 0 Å². The predicted molar refractivity (Wildman–Crippen MR) is 108 cm³/mol. The first-order valence-electron chi connectivity index (χ1n) is 10.9. The van der Waals surface area contributed by atoms with E-state index in [4.69, 9.17) is 0 Å². The van der Waals surface area contributed by atoms with Crippen molar-refractivity contribution >= 4 is 5.91 Å². The monoisotopic (exact) mass is 357 g/mol. The quantitative estimate of drug-likeness (QED) is 0.546. The second kappa shape index (κ2) is 5.39. The minimum Gasteiger partial charge on any atom is -0.338 e. The number of hydrogen-bond acceptors (Lipinski definition) is 1. The van der Waals surface area contributed by atoms with Gasteiger partial charge < -0.3 is 4.90 Å². The standard InChI is InChI=1S/C24H39NO/c1-21(2,3)24(6)15-18-23(5,14-11-19(26)25(18)7)17-10-13-22(4)12-8-9-16(22)20(17)24/h11,14,16-18,20H,8-10,12-13,15H2,1-7H3/t16-,17-,18+,20-,22-,23+,24-/m0/s1. The van der Waals surface area contributed by atoms with Gasteiger partial charge in [-0.3, -0.25) is 4.79 Å². The number of amides is 1. The van der Waals surface area contributed by atoms with Crippen molar-refractivity contribution in [3.8, 4) is 0 Å². The van der Waals surface area contributed by atoms with E-state index in [9.17, 15) is 4.79 Å². The van der Waals surface area contributed by atoms with E-state index in [1.54, 1.807) is 0 Å². The van der Waals surface area contributed by atoms with Crippen LogP contribution in [0.3, 0.4) is 0 Å². The number of rotatable bonds is 0. The van der Waals surface area contributed by atoms with Gasteiger partial charge >= 0.3 is 0 Å². The van der Waals surface area contributed by atoms with Crippen molar-refractivity contribution in [3.05, 3.63) is 12.2 Å². The number of likely N-dealkylation sites (N-methyl/N-ethyl adjacent to an activating group) is 1. The van der Waals surface area contributed by atoms with Crippen LogP contribution in [0.15, 0.2) is 12.2 Å². The second-order valence-electron chi connectivity index (χ2n) is 11.9. The highest BCUT2D eigenvalue weighted by molar-refractivity contribution is 5.89. The maximum absolute atomic E-state index is 12.5. The summed E-state index contributed by atoms with van der Waals surface area (Å²) >= 11 is 0. The van der Waals surface area contributed by atoms with Crippen LogP contribution in [-0.4, -0.2) is 23.9 Å². The molecule has 3 aliphatic carbocycles. The Morgan fingerprint density at radius 3 is 2.42 bits per heavy atom. The van der Waals surface area contributed by atoms with Gasteiger partial charge in [0.25, 0.3) is 0 Å². The van der Waals surface area contributed by atoms with Gasteiger partial charge in [0.15, 0.2) is 0 Å². The third-order valence-corrected chi connectivity index (χ3v) is 10.0. The molecular weight excluding hydrogens is 318 g/mol. The molecule has 3 fully saturated rings. The predicted octanol–water partition coefficient (Wildman–Crippen LogP) is 5.68. The van der Waals surface area contributed by atoms with Crippen LogP contribution in [0.5, 0.6) is 0 Å². The fourth-order valence-corrected chi connectivity index (χ4v) is 7.84. The van der Waals surface area contributed by atoms with Gasteiger partial charge in [0, 0.05) is 18.5 Å². The van der Waals surface area contributed by atoms with Crippen LogP contribution in [0.4, 0.5) is 0 Å². The van der Waals surface area contributed by atoms with Crippen molar-refractivity contribution in [2.75, 3.05) is 7.05 Å². The van der Waals surface area contributed by atoms with Gasteiger partial charge in [0.1, 0.15) is 0 Å². The van der Waals surface area contributed by atoms with Crippen molar-refractivity contribution in [2.45, 2.75) is 86.1 Å². The molecule has 1 heterocycles. The highest BCUT2D eigenvalue weighted by Crippen LogP contribution is 2.71. The molecule has 4 rings (SSSR count). The van der Waals surface area contributed by atoms with Crippen molar-refractivity contribution in [1.29, 1.82) is 0 Å². The van der Waals surface area contributed by atoms with E-state index in [-0.39, 0.29) is 22.2 Å². The SMILES string of the molecule is CN1C(=O)C=C[C@]2(C)[C@H]3CC[C@]4(C)CCC[C@H]4[C@@H]3[C@@](C)(C(C)(C)C)C[C@@H]12. The van der Waals surface area contributed by atoms with Gasteiger partial charge in [0.05, 0.1) is 0 Å². The van der Waals surface area contributed by atoms with Crippen LogP contribution in [0, 0.1) is 39.4 Å². The molecule has 0 aromatic heterocycles. The molecule has 4 aliphatic rings. The summed E-state index contributed by atoms with van der Waals surface area (Å²) in [5, 5.41) is 0. The van der Waals surface area contributed by atoms with Crippen molar-refractivity contribution in [3.63, 3.8) is 0 Å². The van der Waals surface area contributed by atoms with E-state index >= 15 is 0 Å². The molecule has 1 aliphatic heterocycles. The maximum Gasteiger partial charge on any atom is 0.246 e. The number of fused-ring (bicyclic) bond motifs is 5. The molecule has 146 valence electrons. The van der Waals surface area contributed by atoms with Gasteiger partial charge in [-0.05, 0) is 72.2 Å². The number of hydrogen-bond donors (Lipinski definition) is 0. The fraction of sp³-hybridized carbons (Fsp3) is 0.875. The van der Waals surface area contributed by atoms with Gasteiger partial charge in [-0.1, -0.05) is 54.0 Å². The topological polar surface area (TPSA) is 20.3 Å². The largest absolute Gasteiger partial charge is 0.338 e. The lowest BCUT2D eigenvalue weighted by atomic mass is 9.38. The van der Waals surface area contributed by atoms with E-state index in [1.165, 1.54) is 32.1 Å². The zero-order valence-corrected chi connectivity index (χ0v) is 18.1. The lowest BCUT2D eigenvalue weighted by Crippen LogP contribution is -2.66. The fourth-order valence-electron chi connectivity index (χ4n) is 7.84. The molecule has 0 radical (unpaired) electrons. The molecule has 26 heavy (non-hydrogen) atoms. The second-order valence-corrected chi connectivity index (χ2v) is 11.9. The Morgan fingerprint density at radius 1 is 1.08 bits per heavy atom. The molecule has 0 aromatic rings. The molecule has 0 saturated heterocycles. The first-order chi connectivity index (χ1) is 11.9. The number of nitrogens with zero attached hydrogens (tertiary/aromatic N) is 1. The minimum atomic E-state index is 0.141. The summed E-state index contributed by atoms with van der Waals surface area (Å²) in [5.74, 6) is 2.54. The molecule has 0 bridgehead atoms. The molecule has 2 heteroatoms. The number of carbonyl (C=O) groups excluding carboxylic acids is 1. The Balaban J connectivity index is 1.87. The molecular formula is C24H39NO. The Kier molecular flexibility index (Phi) is 3.85. The average molecular weight is 358 g/mol. The van der Waals surface area contributed by atoms with E-state index in [0.29, 0.717) is 17.4 Å². The summed E-state index contributed by atoms with van der Waals surface area (Å²) in [6.07, 6.45) is 12.3. The highest BCUT2D eigenvalue weighted by Gasteiger charge is 2.66. The lowest BCUT2D eigenvalue weighted by molar-refractivity contribution is -0.184. The Bertz CT molecular complexity index is 645. The summed E-state index contributed by atoms with van der Waals surface area (Å²) in [7, 11) is 2.04. The molecule has 0 N–H and O–H groups in total. The zero-order valence-electron chi connectivity index (χ0n) is 18.1. The van der Waals surface area contributed by atoms with E-state index in [2.05, 4.69) is 52.5 Å². The normalized spacial score (nSPS) is 51.0. The van der Waals surface area contributed by atoms with Crippen LogP contribution in [-0.2, 0) is 4.79 Å². The van der Waals surface area contributed by atoms with E-state index in [1.807, 2.05) is 13.1 Å². The van der Waals surface area contributed by atoms with Crippen molar-refractivity contribution in [1.82, 2.24) is 4.90 Å². The van der Waals surface area contributed by atoms with Crippen LogP contribution in [0.1, 0.15) is 80.1 Å². The third-order valence-electron chi connectivity index (χ3n) is 10.0. The van der Waals surface area contributed by atoms with Crippen molar-refractivity contribution in [2.24, 2.45) is 39.4 Å². The average Bonchev–Trinajstić information content (AvgIpc) is 2.94. The number of carbonyl (C=O) groups is 1. The third kappa shape index (κ3) is 2.20. The smallest absolute Gasteiger partial charge is 0.246 e. The molecule has 1 amide bonds.